The van der Waals surface area contributed by atoms with Crippen molar-refractivity contribution in [2.24, 2.45) is 5.92 Å². The molecule has 0 radical (unpaired) electrons. The molecule has 0 spiro atoms. The van der Waals surface area contributed by atoms with Crippen LogP contribution in [-0.4, -0.2) is 43.3 Å². The van der Waals surface area contributed by atoms with Gasteiger partial charge in [-0.1, -0.05) is 0 Å². The minimum Gasteiger partial charge on any atom is -0.384 e. The van der Waals surface area contributed by atoms with Gasteiger partial charge in [0.15, 0.2) is 0 Å². The predicted octanol–water partition coefficient (Wildman–Crippen LogP) is 1.38. The molecule has 0 saturated carbocycles. The zero-order valence-corrected chi connectivity index (χ0v) is 10.5. The van der Waals surface area contributed by atoms with Crippen LogP contribution in [0.15, 0.2) is 12.4 Å². The van der Waals surface area contributed by atoms with E-state index in [0.717, 1.165) is 37.9 Å². The van der Waals surface area contributed by atoms with E-state index in [1.54, 1.807) is 13.3 Å². The molecule has 2 heterocycles. The number of nitrogens with zero attached hydrogens (tertiary/aromatic N) is 3. The van der Waals surface area contributed by atoms with Gasteiger partial charge in [-0.15, -0.1) is 0 Å². The Bertz CT molecular complexity index is 358. The van der Waals surface area contributed by atoms with Crippen LogP contribution >= 0.6 is 0 Å². The quantitative estimate of drug-likeness (QED) is 0.837. The first kappa shape index (κ1) is 12.1. The number of nitrogens with one attached hydrogen (secondary N) is 1. The largest absolute Gasteiger partial charge is 0.384 e. The Kier molecular flexibility index (Phi) is 4.14. The number of methoxy groups -OCH3 is 1. The Morgan fingerprint density at radius 2 is 2.41 bits per heavy atom. The number of hydrogen-bond donors (Lipinski definition) is 1. The first-order chi connectivity index (χ1) is 8.33. The summed E-state index contributed by atoms with van der Waals surface area (Å²) in [5.41, 5.74) is 0. The van der Waals surface area contributed by atoms with E-state index in [1.807, 2.05) is 6.20 Å². The van der Waals surface area contributed by atoms with Gasteiger partial charge in [0.1, 0.15) is 11.6 Å². The van der Waals surface area contributed by atoms with Crippen molar-refractivity contribution in [3.8, 4) is 0 Å². The molecule has 1 aliphatic heterocycles. The Morgan fingerprint density at radius 3 is 3.18 bits per heavy atom. The molecular formula is C12H20N4O. The van der Waals surface area contributed by atoms with Crippen LogP contribution in [0.25, 0.3) is 0 Å². The lowest BCUT2D eigenvalue weighted by molar-refractivity contribution is 0.161. The van der Waals surface area contributed by atoms with Crippen LogP contribution in [-0.2, 0) is 4.74 Å². The number of rotatable bonds is 5. The highest BCUT2D eigenvalue weighted by Crippen LogP contribution is 2.22. The maximum Gasteiger partial charge on any atom is 0.149 e. The van der Waals surface area contributed by atoms with Crippen molar-refractivity contribution in [1.29, 1.82) is 0 Å². The highest BCUT2D eigenvalue weighted by Gasteiger charge is 2.23. The molecule has 94 valence electrons. The average Bonchev–Trinajstić information content (AvgIpc) is 2.79. The lowest BCUT2D eigenvalue weighted by Gasteiger charge is -2.17. The van der Waals surface area contributed by atoms with E-state index < -0.39 is 0 Å². The van der Waals surface area contributed by atoms with Crippen LogP contribution in [0, 0.1) is 5.92 Å². The molecule has 1 atom stereocenters. The van der Waals surface area contributed by atoms with Gasteiger partial charge in [0.2, 0.25) is 0 Å². The fourth-order valence-electron chi connectivity index (χ4n) is 2.19. The Balaban J connectivity index is 2.00. The van der Waals surface area contributed by atoms with E-state index in [-0.39, 0.29) is 0 Å². The SMILES string of the molecule is CCNc1cncc(N2CCC(COC)C2)n1. The molecule has 1 fully saturated rings. The Labute approximate surface area is 102 Å². The maximum absolute atomic E-state index is 5.20. The van der Waals surface area contributed by atoms with Crippen LogP contribution in [0.2, 0.25) is 0 Å². The second kappa shape index (κ2) is 5.82. The standard InChI is InChI=1S/C12H20N4O/c1-3-14-11-6-13-7-12(15-11)16-5-4-10(8-16)9-17-2/h6-7,10H,3-5,8-9H2,1-2H3,(H,14,15). The van der Waals surface area contributed by atoms with E-state index in [4.69, 9.17) is 4.74 Å². The summed E-state index contributed by atoms with van der Waals surface area (Å²) in [4.78, 5) is 11.0. The molecule has 0 amide bonds. The minimum atomic E-state index is 0.615. The van der Waals surface area contributed by atoms with Crippen molar-refractivity contribution < 1.29 is 4.74 Å². The molecule has 0 aliphatic carbocycles. The molecule has 1 N–H and O–H groups in total. The van der Waals surface area contributed by atoms with Gasteiger partial charge in [0.25, 0.3) is 0 Å². The van der Waals surface area contributed by atoms with E-state index in [0.29, 0.717) is 5.92 Å². The van der Waals surface area contributed by atoms with Crippen LogP contribution < -0.4 is 10.2 Å². The van der Waals surface area contributed by atoms with Gasteiger partial charge in [-0.3, -0.25) is 4.98 Å². The summed E-state index contributed by atoms with van der Waals surface area (Å²) in [5.74, 6) is 2.42. The van der Waals surface area contributed by atoms with Crippen molar-refractivity contribution in [3.63, 3.8) is 0 Å². The fraction of sp³-hybridized carbons (Fsp3) is 0.667. The van der Waals surface area contributed by atoms with Crippen molar-refractivity contribution in [1.82, 2.24) is 9.97 Å². The number of hydrogen-bond acceptors (Lipinski definition) is 5. The van der Waals surface area contributed by atoms with Crippen LogP contribution in [0.3, 0.4) is 0 Å². The van der Waals surface area contributed by atoms with Gasteiger partial charge in [-0.05, 0) is 13.3 Å². The fourth-order valence-corrected chi connectivity index (χ4v) is 2.19. The van der Waals surface area contributed by atoms with Crippen LogP contribution in [0.1, 0.15) is 13.3 Å². The molecule has 0 bridgehead atoms. The number of anilines is 2. The topological polar surface area (TPSA) is 50.3 Å². The summed E-state index contributed by atoms with van der Waals surface area (Å²) in [5, 5.41) is 3.18. The van der Waals surface area contributed by atoms with Crippen molar-refractivity contribution >= 4 is 11.6 Å². The highest BCUT2D eigenvalue weighted by molar-refractivity contribution is 5.44. The molecule has 1 aromatic rings. The summed E-state index contributed by atoms with van der Waals surface area (Å²) in [6.45, 7) is 5.80. The number of aromatic nitrogens is 2. The third-order valence-corrected chi connectivity index (χ3v) is 2.99. The summed E-state index contributed by atoms with van der Waals surface area (Å²) in [7, 11) is 1.76. The van der Waals surface area contributed by atoms with Gasteiger partial charge >= 0.3 is 0 Å². The van der Waals surface area contributed by atoms with E-state index >= 15 is 0 Å². The molecule has 1 aliphatic rings. The monoisotopic (exact) mass is 236 g/mol. The van der Waals surface area contributed by atoms with E-state index in [9.17, 15) is 0 Å². The van der Waals surface area contributed by atoms with Crippen LogP contribution in [0.4, 0.5) is 11.6 Å². The zero-order valence-electron chi connectivity index (χ0n) is 10.5. The van der Waals surface area contributed by atoms with Crippen LogP contribution in [0.5, 0.6) is 0 Å². The van der Waals surface area contributed by atoms with E-state index in [2.05, 4.69) is 27.1 Å². The van der Waals surface area contributed by atoms with Gasteiger partial charge < -0.3 is 15.0 Å². The summed E-state index contributed by atoms with van der Waals surface area (Å²) in [6.07, 6.45) is 4.76. The minimum absolute atomic E-state index is 0.615. The van der Waals surface area contributed by atoms with Gasteiger partial charge in [0, 0.05) is 32.7 Å². The molecule has 1 aromatic heterocycles. The molecule has 1 unspecified atom stereocenters. The maximum atomic E-state index is 5.20. The van der Waals surface area contributed by atoms with Crippen molar-refractivity contribution in [2.45, 2.75) is 13.3 Å². The molecule has 17 heavy (non-hydrogen) atoms. The zero-order chi connectivity index (χ0) is 12.1. The first-order valence-corrected chi connectivity index (χ1v) is 6.13. The Morgan fingerprint density at radius 1 is 1.53 bits per heavy atom. The van der Waals surface area contributed by atoms with Gasteiger partial charge in [0.05, 0.1) is 19.0 Å². The van der Waals surface area contributed by atoms with E-state index in [1.165, 1.54) is 6.42 Å². The third kappa shape index (κ3) is 3.06. The second-order valence-electron chi connectivity index (χ2n) is 4.35. The van der Waals surface area contributed by atoms with Crippen molar-refractivity contribution in [2.75, 3.05) is 43.6 Å². The van der Waals surface area contributed by atoms with Gasteiger partial charge in [-0.2, -0.15) is 0 Å². The Hall–Kier alpha value is -1.36. The van der Waals surface area contributed by atoms with Gasteiger partial charge in [-0.25, -0.2) is 4.98 Å². The summed E-state index contributed by atoms with van der Waals surface area (Å²) < 4.78 is 5.20. The molecule has 2 rings (SSSR count). The number of ether oxygens (including phenoxy) is 1. The first-order valence-electron chi connectivity index (χ1n) is 6.13. The predicted molar refractivity (Wildman–Crippen MR) is 68.4 cm³/mol. The molecule has 5 heteroatoms. The molecule has 5 nitrogen and oxygen atoms in total. The second-order valence-corrected chi connectivity index (χ2v) is 4.35. The lowest BCUT2D eigenvalue weighted by atomic mass is 10.1. The van der Waals surface area contributed by atoms with Crippen molar-refractivity contribution in [3.05, 3.63) is 12.4 Å². The molecular weight excluding hydrogens is 216 g/mol. The normalized spacial score (nSPS) is 19.6. The third-order valence-electron chi connectivity index (χ3n) is 2.99. The molecule has 0 aromatic carbocycles. The summed E-state index contributed by atoms with van der Waals surface area (Å²) >= 11 is 0. The average molecular weight is 236 g/mol. The molecule has 1 saturated heterocycles. The summed E-state index contributed by atoms with van der Waals surface area (Å²) in [6, 6.07) is 0. The lowest BCUT2D eigenvalue weighted by Crippen LogP contribution is -2.22. The highest BCUT2D eigenvalue weighted by atomic mass is 16.5. The smallest absolute Gasteiger partial charge is 0.149 e.